The molecule has 1 N–H and O–H groups in total. The third-order valence-electron chi connectivity index (χ3n) is 4.97. The van der Waals surface area contributed by atoms with Crippen LogP contribution in [0.25, 0.3) is 11.4 Å². The van der Waals surface area contributed by atoms with Crippen LogP contribution in [-0.2, 0) is 11.8 Å². The number of carbonyl (C=O) groups excluding carboxylic acids is 1. The lowest BCUT2D eigenvalue weighted by Crippen LogP contribution is -2.34. The van der Waals surface area contributed by atoms with Crippen molar-refractivity contribution >= 4 is 17.7 Å². The van der Waals surface area contributed by atoms with E-state index in [1.54, 1.807) is 0 Å². The van der Waals surface area contributed by atoms with E-state index in [4.69, 9.17) is 0 Å². The summed E-state index contributed by atoms with van der Waals surface area (Å²) in [6, 6.07) is 18.3. The van der Waals surface area contributed by atoms with Crippen molar-refractivity contribution in [1.29, 1.82) is 0 Å². The largest absolute Gasteiger partial charge is 0.348 e. The molecule has 2 atom stereocenters. The van der Waals surface area contributed by atoms with Crippen LogP contribution in [0.4, 0.5) is 0 Å². The molecule has 3 rings (SSSR count). The van der Waals surface area contributed by atoms with Gasteiger partial charge in [-0.1, -0.05) is 79.7 Å². The molecule has 0 fully saturated rings. The van der Waals surface area contributed by atoms with E-state index in [2.05, 4.69) is 47.6 Å². The van der Waals surface area contributed by atoms with Crippen molar-refractivity contribution in [2.24, 2.45) is 7.05 Å². The van der Waals surface area contributed by atoms with Gasteiger partial charge in [0, 0.05) is 12.6 Å². The number of aromatic nitrogens is 3. The fourth-order valence-corrected chi connectivity index (χ4v) is 4.10. The van der Waals surface area contributed by atoms with Gasteiger partial charge in [-0.15, -0.1) is 10.2 Å². The summed E-state index contributed by atoms with van der Waals surface area (Å²) in [4.78, 5) is 12.9. The molecule has 29 heavy (non-hydrogen) atoms. The molecule has 0 saturated carbocycles. The summed E-state index contributed by atoms with van der Waals surface area (Å²) in [6.45, 7) is 6.10. The van der Waals surface area contributed by atoms with Gasteiger partial charge >= 0.3 is 0 Å². The minimum absolute atomic E-state index is 0.0118. The number of nitrogens with one attached hydrogen (secondary N) is 1. The Balaban J connectivity index is 1.70. The van der Waals surface area contributed by atoms with Gasteiger partial charge in [-0.3, -0.25) is 4.79 Å². The minimum atomic E-state index is -0.273. The highest BCUT2D eigenvalue weighted by Gasteiger charge is 2.22. The van der Waals surface area contributed by atoms with Crippen LogP contribution in [0.2, 0.25) is 0 Å². The molecule has 6 heteroatoms. The normalized spacial score (nSPS) is 13.1. The molecule has 0 radical (unpaired) electrons. The number of amides is 1. The average molecular weight is 409 g/mol. The molecule has 0 bridgehead atoms. The molecule has 0 aliphatic carbocycles. The molecule has 1 amide bonds. The lowest BCUT2D eigenvalue weighted by atomic mass is 10.0. The average Bonchev–Trinajstić information content (AvgIpc) is 3.08. The molecule has 1 aromatic heterocycles. The van der Waals surface area contributed by atoms with Gasteiger partial charge in [0.1, 0.15) is 0 Å². The van der Waals surface area contributed by atoms with Gasteiger partial charge in [0.15, 0.2) is 11.0 Å². The van der Waals surface area contributed by atoms with Crippen molar-refractivity contribution in [3.8, 4) is 11.4 Å². The molecule has 1 heterocycles. The first-order valence-electron chi connectivity index (χ1n) is 9.98. The van der Waals surface area contributed by atoms with Gasteiger partial charge in [0.2, 0.25) is 5.91 Å². The molecule has 2 aromatic carbocycles. The zero-order valence-corrected chi connectivity index (χ0v) is 18.2. The number of hydrogen-bond donors (Lipinski definition) is 1. The maximum Gasteiger partial charge on any atom is 0.233 e. The Labute approximate surface area is 176 Å². The lowest BCUT2D eigenvalue weighted by molar-refractivity contribution is -0.121. The van der Waals surface area contributed by atoms with Crippen molar-refractivity contribution < 1.29 is 4.79 Å². The molecular weight excluding hydrogens is 380 g/mol. The van der Waals surface area contributed by atoms with E-state index >= 15 is 0 Å². The second-order valence-electron chi connectivity index (χ2n) is 7.20. The third kappa shape index (κ3) is 5.07. The van der Waals surface area contributed by atoms with Crippen LogP contribution in [0.3, 0.4) is 0 Å². The number of thioether (sulfide) groups is 1. The summed E-state index contributed by atoms with van der Waals surface area (Å²) in [5, 5.41) is 12.3. The molecule has 0 spiro atoms. The van der Waals surface area contributed by atoms with E-state index in [-0.39, 0.29) is 17.2 Å². The van der Waals surface area contributed by atoms with E-state index in [1.165, 1.54) is 11.8 Å². The van der Waals surface area contributed by atoms with E-state index in [1.807, 2.05) is 54.9 Å². The quantitative estimate of drug-likeness (QED) is 0.537. The predicted octanol–water partition coefficient (Wildman–Crippen LogP) is 4.93. The Morgan fingerprint density at radius 3 is 2.48 bits per heavy atom. The van der Waals surface area contributed by atoms with Gasteiger partial charge in [-0.05, 0) is 31.4 Å². The highest BCUT2D eigenvalue weighted by atomic mass is 32.2. The van der Waals surface area contributed by atoms with Gasteiger partial charge in [-0.25, -0.2) is 0 Å². The Bertz CT molecular complexity index is 955. The fourth-order valence-electron chi connectivity index (χ4n) is 3.27. The fraction of sp³-hybridized carbons (Fsp3) is 0.348. The van der Waals surface area contributed by atoms with E-state index in [9.17, 15) is 4.79 Å². The maximum absolute atomic E-state index is 12.9. The van der Waals surface area contributed by atoms with Crippen LogP contribution < -0.4 is 5.32 Å². The first-order chi connectivity index (χ1) is 14.0. The SMILES string of the molecule is CCC[C@H](NC(=O)[C@@H](C)Sc1nnc(-c2ccccc2C)n1C)c1ccccc1. The van der Waals surface area contributed by atoms with E-state index < -0.39 is 0 Å². The van der Waals surface area contributed by atoms with Gasteiger partial charge in [0.25, 0.3) is 0 Å². The Morgan fingerprint density at radius 2 is 1.79 bits per heavy atom. The second-order valence-corrected chi connectivity index (χ2v) is 8.51. The molecule has 0 aliphatic rings. The maximum atomic E-state index is 12.9. The first kappa shape index (κ1) is 21.1. The summed E-state index contributed by atoms with van der Waals surface area (Å²) in [5.74, 6) is 0.823. The second kappa shape index (κ2) is 9.74. The molecule has 0 unspecified atom stereocenters. The molecule has 5 nitrogen and oxygen atoms in total. The number of benzene rings is 2. The zero-order chi connectivity index (χ0) is 20.8. The Hall–Kier alpha value is -2.60. The monoisotopic (exact) mass is 408 g/mol. The number of hydrogen-bond acceptors (Lipinski definition) is 4. The number of rotatable bonds is 8. The van der Waals surface area contributed by atoms with Crippen LogP contribution in [0.15, 0.2) is 59.8 Å². The molecular formula is C23H28N4OS. The van der Waals surface area contributed by atoms with Crippen molar-refractivity contribution in [2.45, 2.75) is 50.1 Å². The van der Waals surface area contributed by atoms with Crippen molar-refractivity contribution in [3.05, 3.63) is 65.7 Å². The van der Waals surface area contributed by atoms with Gasteiger partial charge < -0.3 is 9.88 Å². The highest BCUT2D eigenvalue weighted by Crippen LogP contribution is 2.28. The summed E-state index contributed by atoms with van der Waals surface area (Å²) in [6.07, 6.45) is 1.92. The third-order valence-corrected chi connectivity index (χ3v) is 6.10. The van der Waals surface area contributed by atoms with Gasteiger partial charge in [-0.2, -0.15) is 0 Å². The molecule has 0 saturated heterocycles. The van der Waals surface area contributed by atoms with E-state index in [0.717, 1.165) is 40.5 Å². The number of aryl methyl sites for hydroxylation is 1. The van der Waals surface area contributed by atoms with Gasteiger partial charge in [0.05, 0.1) is 11.3 Å². The van der Waals surface area contributed by atoms with Crippen molar-refractivity contribution in [1.82, 2.24) is 20.1 Å². The molecule has 0 aliphatic heterocycles. The van der Waals surface area contributed by atoms with Crippen LogP contribution in [0.5, 0.6) is 0 Å². The number of carbonyl (C=O) groups is 1. The smallest absolute Gasteiger partial charge is 0.233 e. The van der Waals surface area contributed by atoms with Crippen LogP contribution >= 0.6 is 11.8 Å². The summed E-state index contributed by atoms with van der Waals surface area (Å²) >= 11 is 1.43. The van der Waals surface area contributed by atoms with E-state index in [0.29, 0.717) is 0 Å². The van der Waals surface area contributed by atoms with Crippen LogP contribution in [0.1, 0.15) is 43.9 Å². The minimum Gasteiger partial charge on any atom is -0.348 e. The summed E-state index contributed by atoms with van der Waals surface area (Å²) in [5.41, 5.74) is 3.34. The summed E-state index contributed by atoms with van der Waals surface area (Å²) < 4.78 is 1.96. The first-order valence-corrected chi connectivity index (χ1v) is 10.9. The Kier molecular flexibility index (Phi) is 7.09. The summed E-state index contributed by atoms with van der Waals surface area (Å²) in [7, 11) is 1.94. The van der Waals surface area contributed by atoms with Crippen LogP contribution in [-0.4, -0.2) is 25.9 Å². The molecule has 152 valence electrons. The zero-order valence-electron chi connectivity index (χ0n) is 17.4. The predicted molar refractivity (Wildman–Crippen MR) is 119 cm³/mol. The topological polar surface area (TPSA) is 59.8 Å². The van der Waals surface area contributed by atoms with Crippen LogP contribution in [0, 0.1) is 6.92 Å². The highest BCUT2D eigenvalue weighted by molar-refractivity contribution is 8.00. The Morgan fingerprint density at radius 1 is 1.10 bits per heavy atom. The van der Waals surface area contributed by atoms with Crippen molar-refractivity contribution in [2.75, 3.05) is 0 Å². The molecule has 3 aromatic rings. The standard InChI is InChI=1S/C23H28N4OS/c1-5-11-20(18-13-7-6-8-14-18)24-22(28)17(3)29-23-26-25-21(27(23)4)19-15-10-9-12-16(19)2/h6-10,12-15,17,20H,5,11H2,1-4H3,(H,24,28)/t17-,20+/m1/s1. The van der Waals surface area contributed by atoms with Crippen molar-refractivity contribution in [3.63, 3.8) is 0 Å². The lowest BCUT2D eigenvalue weighted by Gasteiger charge is -2.21. The number of nitrogens with zero attached hydrogens (tertiary/aromatic N) is 3.